The highest BCUT2D eigenvalue weighted by Crippen LogP contribution is 2.31. The van der Waals surface area contributed by atoms with Gasteiger partial charge < -0.3 is 16.2 Å². The Kier molecular flexibility index (Phi) is 4.96. The lowest BCUT2D eigenvalue weighted by Gasteiger charge is -2.37. The van der Waals surface area contributed by atoms with E-state index < -0.39 is 11.5 Å². The Morgan fingerprint density at radius 3 is 2.29 bits per heavy atom. The molecule has 1 aliphatic carbocycles. The van der Waals surface area contributed by atoms with E-state index in [2.05, 4.69) is 5.32 Å². The van der Waals surface area contributed by atoms with Crippen molar-refractivity contribution in [3.63, 3.8) is 0 Å². The second kappa shape index (κ2) is 6.72. The van der Waals surface area contributed by atoms with E-state index in [9.17, 15) is 9.59 Å². The lowest BCUT2D eigenvalue weighted by Crippen LogP contribution is -2.51. The maximum atomic E-state index is 12.4. The zero-order valence-electron chi connectivity index (χ0n) is 12.1. The minimum absolute atomic E-state index is 0.0143. The van der Waals surface area contributed by atoms with E-state index in [1.807, 2.05) is 12.1 Å². The summed E-state index contributed by atoms with van der Waals surface area (Å²) in [6, 6.07) is 7.10. The Morgan fingerprint density at radius 2 is 1.76 bits per heavy atom. The Morgan fingerprint density at radius 1 is 1.14 bits per heavy atom. The number of carbonyl (C=O) groups excluding carboxylic acids is 1. The number of hydrogen-bond donors (Lipinski definition) is 3. The average Bonchev–Trinajstić information content (AvgIpc) is 2.47. The van der Waals surface area contributed by atoms with Crippen LogP contribution < -0.4 is 11.1 Å². The van der Waals surface area contributed by atoms with Crippen molar-refractivity contribution in [1.82, 2.24) is 5.32 Å². The van der Waals surface area contributed by atoms with Gasteiger partial charge in [0.2, 0.25) is 0 Å². The third-order valence-corrected chi connectivity index (χ3v) is 4.13. The van der Waals surface area contributed by atoms with Crippen LogP contribution in [0.25, 0.3) is 0 Å². The summed E-state index contributed by atoms with van der Waals surface area (Å²) in [5.74, 6) is -1.07. The Bertz CT molecular complexity index is 505. The predicted octanol–water partition coefficient (Wildman–Crippen LogP) is 2.05. The molecular formula is C16H22N2O3. The molecule has 0 heterocycles. The van der Waals surface area contributed by atoms with E-state index in [-0.39, 0.29) is 12.3 Å². The van der Waals surface area contributed by atoms with Gasteiger partial charge >= 0.3 is 5.97 Å². The summed E-state index contributed by atoms with van der Waals surface area (Å²) in [7, 11) is 0. The van der Waals surface area contributed by atoms with E-state index >= 15 is 0 Å². The van der Waals surface area contributed by atoms with Gasteiger partial charge in [0.15, 0.2) is 0 Å². The first kappa shape index (κ1) is 15.5. The molecule has 0 unspecified atom stereocenters. The third-order valence-electron chi connectivity index (χ3n) is 4.13. The van der Waals surface area contributed by atoms with Crippen LogP contribution in [0.2, 0.25) is 0 Å². The summed E-state index contributed by atoms with van der Waals surface area (Å²) < 4.78 is 0. The Hall–Kier alpha value is -1.88. The zero-order chi connectivity index (χ0) is 15.3. The molecule has 0 aliphatic heterocycles. The molecule has 1 fully saturated rings. The van der Waals surface area contributed by atoms with Gasteiger partial charge in [0.05, 0.1) is 12.0 Å². The highest BCUT2D eigenvalue weighted by Gasteiger charge is 2.35. The van der Waals surface area contributed by atoms with Crippen molar-refractivity contribution in [2.75, 3.05) is 0 Å². The molecule has 5 heteroatoms. The molecule has 1 amide bonds. The van der Waals surface area contributed by atoms with Gasteiger partial charge in [-0.1, -0.05) is 31.4 Å². The van der Waals surface area contributed by atoms with Gasteiger partial charge in [0.25, 0.3) is 5.91 Å². The first-order valence-corrected chi connectivity index (χ1v) is 7.38. The topological polar surface area (TPSA) is 92.4 Å². The molecule has 2 rings (SSSR count). The number of benzene rings is 1. The largest absolute Gasteiger partial charge is 0.481 e. The van der Waals surface area contributed by atoms with Crippen LogP contribution >= 0.6 is 0 Å². The van der Waals surface area contributed by atoms with E-state index in [1.165, 1.54) is 0 Å². The zero-order valence-corrected chi connectivity index (χ0v) is 12.1. The monoisotopic (exact) mass is 290 g/mol. The number of nitrogens with one attached hydrogen (secondary N) is 1. The van der Waals surface area contributed by atoms with Crippen molar-refractivity contribution in [2.45, 2.75) is 50.6 Å². The van der Waals surface area contributed by atoms with Crippen LogP contribution in [-0.2, 0) is 11.3 Å². The molecule has 0 spiro atoms. The number of nitrogens with two attached hydrogens (primary N) is 1. The summed E-state index contributed by atoms with van der Waals surface area (Å²) in [5.41, 5.74) is 6.44. The quantitative estimate of drug-likeness (QED) is 0.774. The number of carboxylic acid groups (broad SMARTS) is 1. The molecule has 4 N–H and O–H groups in total. The molecule has 1 aliphatic rings. The van der Waals surface area contributed by atoms with Crippen LogP contribution in [0.15, 0.2) is 24.3 Å². The summed E-state index contributed by atoms with van der Waals surface area (Å²) in [4.78, 5) is 23.5. The van der Waals surface area contributed by atoms with Crippen LogP contribution in [0.1, 0.15) is 54.4 Å². The van der Waals surface area contributed by atoms with E-state index in [0.717, 1.165) is 37.7 Å². The fraction of sp³-hybridized carbons (Fsp3) is 0.500. The average molecular weight is 290 g/mol. The van der Waals surface area contributed by atoms with E-state index in [0.29, 0.717) is 12.1 Å². The number of amides is 1. The molecule has 114 valence electrons. The molecule has 5 nitrogen and oxygen atoms in total. The van der Waals surface area contributed by atoms with Gasteiger partial charge in [-0.3, -0.25) is 9.59 Å². The van der Waals surface area contributed by atoms with Crippen molar-refractivity contribution in [2.24, 2.45) is 5.73 Å². The molecule has 1 aromatic carbocycles. The molecular weight excluding hydrogens is 268 g/mol. The van der Waals surface area contributed by atoms with Gasteiger partial charge in [0.1, 0.15) is 0 Å². The second-order valence-corrected chi connectivity index (χ2v) is 5.77. The Balaban J connectivity index is 2.11. The smallest absolute Gasteiger partial charge is 0.305 e. The Labute approximate surface area is 124 Å². The number of aliphatic carboxylic acids is 1. The molecule has 0 bridgehead atoms. The fourth-order valence-electron chi connectivity index (χ4n) is 2.97. The maximum absolute atomic E-state index is 12.4. The number of hydrogen-bond acceptors (Lipinski definition) is 3. The van der Waals surface area contributed by atoms with Gasteiger partial charge in [-0.15, -0.1) is 0 Å². The maximum Gasteiger partial charge on any atom is 0.305 e. The van der Waals surface area contributed by atoms with Crippen molar-refractivity contribution >= 4 is 11.9 Å². The summed E-state index contributed by atoms with van der Waals surface area (Å²) in [6.45, 7) is 0.435. The van der Waals surface area contributed by atoms with Gasteiger partial charge in [-0.05, 0) is 30.5 Å². The number of carbonyl (C=O) groups is 2. The molecule has 0 saturated heterocycles. The van der Waals surface area contributed by atoms with E-state index in [1.54, 1.807) is 12.1 Å². The lowest BCUT2D eigenvalue weighted by molar-refractivity contribution is -0.139. The molecule has 0 aromatic heterocycles. The number of rotatable bonds is 5. The van der Waals surface area contributed by atoms with E-state index in [4.69, 9.17) is 10.8 Å². The first-order chi connectivity index (χ1) is 10.0. The van der Waals surface area contributed by atoms with Crippen molar-refractivity contribution in [3.05, 3.63) is 35.4 Å². The van der Waals surface area contributed by atoms with Crippen molar-refractivity contribution in [3.8, 4) is 0 Å². The number of carboxylic acids is 1. The minimum atomic E-state index is -0.865. The SMILES string of the molecule is NCc1ccc(C(=O)NC2(CC(=O)O)CCCCC2)cc1. The standard InChI is InChI=1S/C16H22N2O3/c17-11-12-4-6-13(7-5-12)15(21)18-16(10-14(19)20)8-2-1-3-9-16/h4-7H,1-3,8-11,17H2,(H,18,21)(H,19,20). The highest BCUT2D eigenvalue weighted by molar-refractivity contribution is 5.95. The van der Waals surface area contributed by atoms with Crippen molar-refractivity contribution < 1.29 is 14.7 Å². The van der Waals surface area contributed by atoms with Crippen LogP contribution in [0.4, 0.5) is 0 Å². The van der Waals surface area contributed by atoms with Crippen LogP contribution in [0.3, 0.4) is 0 Å². The van der Waals surface area contributed by atoms with Crippen molar-refractivity contribution in [1.29, 1.82) is 0 Å². The summed E-state index contributed by atoms with van der Waals surface area (Å²) in [6.07, 6.45) is 4.46. The summed E-state index contributed by atoms with van der Waals surface area (Å²) >= 11 is 0. The van der Waals surface area contributed by atoms with Crippen LogP contribution in [-0.4, -0.2) is 22.5 Å². The normalized spacial score (nSPS) is 17.2. The highest BCUT2D eigenvalue weighted by atomic mass is 16.4. The van der Waals surface area contributed by atoms with Gasteiger partial charge in [-0.25, -0.2) is 0 Å². The van der Waals surface area contributed by atoms with Crippen LogP contribution in [0, 0.1) is 0 Å². The molecule has 21 heavy (non-hydrogen) atoms. The minimum Gasteiger partial charge on any atom is -0.481 e. The summed E-state index contributed by atoms with van der Waals surface area (Å²) in [5, 5.41) is 12.1. The molecule has 0 radical (unpaired) electrons. The van der Waals surface area contributed by atoms with Gasteiger partial charge in [-0.2, -0.15) is 0 Å². The molecule has 0 atom stereocenters. The van der Waals surface area contributed by atoms with Crippen LogP contribution in [0.5, 0.6) is 0 Å². The molecule has 1 saturated carbocycles. The predicted molar refractivity (Wildman–Crippen MR) is 79.9 cm³/mol. The van der Waals surface area contributed by atoms with Gasteiger partial charge in [0, 0.05) is 12.1 Å². The second-order valence-electron chi connectivity index (χ2n) is 5.77. The third kappa shape index (κ3) is 4.04. The molecule has 1 aromatic rings. The fourth-order valence-corrected chi connectivity index (χ4v) is 2.97. The lowest BCUT2D eigenvalue weighted by atomic mass is 9.79. The first-order valence-electron chi connectivity index (χ1n) is 7.38.